The quantitative estimate of drug-likeness (QED) is 0.574. The van der Waals surface area contributed by atoms with E-state index in [0.29, 0.717) is 23.0 Å². The van der Waals surface area contributed by atoms with Crippen LogP contribution in [0.2, 0.25) is 0 Å². The Balaban J connectivity index is 1.96. The van der Waals surface area contributed by atoms with Crippen LogP contribution in [0.1, 0.15) is 12.6 Å². The zero-order valence-corrected chi connectivity index (χ0v) is 13.3. The van der Waals surface area contributed by atoms with Crippen LogP contribution in [0, 0.1) is 0 Å². The highest BCUT2D eigenvalue weighted by Crippen LogP contribution is 2.27. The van der Waals surface area contributed by atoms with Gasteiger partial charge in [0.15, 0.2) is 23.0 Å². The minimum Gasteiger partial charge on any atom is -0.382 e. The number of H-pyrrole nitrogens is 1. The highest BCUT2D eigenvalue weighted by molar-refractivity contribution is 9.10. The zero-order chi connectivity index (χ0) is 15.3. The molecule has 3 heterocycles. The van der Waals surface area contributed by atoms with Crippen LogP contribution < -0.4 is 5.73 Å². The lowest BCUT2D eigenvalue weighted by Crippen LogP contribution is -2.06. The Labute approximate surface area is 133 Å². The summed E-state index contributed by atoms with van der Waals surface area (Å²) in [5.41, 5.74) is 9.99. The second-order valence-corrected chi connectivity index (χ2v) is 5.68. The lowest BCUT2D eigenvalue weighted by atomic mass is 10.3. The minimum atomic E-state index is 0.407. The summed E-state index contributed by atoms with van der Waals surface area (Å²) >= 11 is 3.49. The number of aromatic nitrogens is 6. The number of nitrogens with one attached hydrogen (secondary N) is 1. The SMILES string of the molecule is CCc1nn2c(N)c(-c3nc4ccccc4[nH]3)nnc2c1Br. The van der Waals surface area contributed by atoms with Crippen molar-refractivity contribution in [2.75, 3.05) is 5.73 Å². The first-order valence-corrected chi connectivity index (χ1v) is 7.62. The molecule has 0 saturated heterocycles. The first-order chi connectivity index (χ1) is 10.7. The van der Waals surface area contributed by atoms with Gasteiger partial charge in [0.2, 0.25) is 0 Å². The fourth-order valence-corrected chi connectivity index (χ4v) is 3.00. The standard InChI is InChI=1S/C14H12BrN7/c1-2-7-10(15)14-20-19-11(12(16)22(14)21-7)13-17-8-5-3-4-6-9(8)18-13/h3-6H,2,16H2,1H3,(H,17,18). The number of hydrogen-bond acceptors (Lipinski definition) is 5. The molecular weight excluding hydrogens is 346 g/mol. The summed E-state index contributed by atoms with van der Waals surface area (Å²) in [5.74, 6) is 0.988. The molecule has 1 aromatic carbocycles. The van der Waals surface area contributed by atoms with E-state index in [1.54, 1.807) is 4.52 Å². The van der Waals surface area contributed by atoms with Crippen LogP contribution in [0.4, 0.5) is 5.82 Å². The summed E-state index contributed by atoms with van der Waals surface area (Å²) < 4.78 is 2.42. The summed E-state index contributed by atoms with van der Waals surface area (Å²) in [6.45, 7) is 2.02. The van der Waals surface area contributed by atoms with Crippen molar-refractivity contribution in [3.63, 3.8) is 0 Å². The third-order valence-corrected chi connectivity index (χ3v) is 4.35. The lowest BCUT2D eigenvalue weighted by Gasteiger charge is -2.02. The van der Waals surface area contributed by atoms with Crippen molar-refractivity contribution in [2.24, 2.45) is 0 Å². The topological polar surface area (TPSA) is 97.8 Å². The van der Waals surface area contributed by atoms with E-state index in [2.05, 4.69) is 41.2 Å². The predicted molar refractivity (Wildman–Crippen MR) is 87.4 cm³/mol. The number of nitrogens with zero attached hydrogens (tertiary/aromatic N) is 5. The van der Waals surface area contributed by atoms with Crippen LogP contribution in [0.5, 0.6) is 0 Å². The van der Waals surface area contributed by atoms with E-state index in [1.807, 2.05) is 31.2 Å². The first-order valence-electron chi connectivity index (χ1n) is 6.83. The molecule has 0 aliphatic heterocycles. The number of rotatable bonds is 2. The highest BCUT2D eigenvalue weighted by atomic mass is 79.9. The number of hydrogen-bond donors (Lipinski definition) is 2. The maximum absolute atomic E-state index is 6.23. The Kier molecular flexibility index (Phi) is 2.86. The van der Waals surface area contributed by atoms with Gasteiger partial charge >= 0.3 is 0 Å². The van der Waals surface area contributed by atoms with Gasteiger partial charge < -0.3 is 10.7 Å². The smallest absolute Gasteiger partial charge is 0.194 e. The van der Waals surface area contributed by atoms with Crippen LogP contribution in [0.15, 0.2) is 28.7 Å². The maximum Gasteiger partial charge on any atom is 0.194 e. The minimum absolute atomic E-state index is 0.407. The Hall–Kier alpha value is -2.48. The molecule has 4 aromatic rings. The number of nitrogen functional groups attached to an aromatic ring is 1. The molecule has 0 aliphatic carbocycles. The zero-order valence-electron chi connectivity index (χ0n) is 11.7. The number of imidazole rings is 1. The average molecular weight is 358 g/mol. The van der Waals surface area contributed by atoms with E-state index >= 15 is 0 Å². The molecule has 110 valence electrons. The van der Waals surface area contributed by atoms with Crippen LogP contribution in [0.3, 0.4) is 0 Å². The van der Waals surface area contributed by atoms with Gasteiger partial charge in [0, 0.05) is 0 Å². The van der Waals surface area contributed by atoms with E-state index in [4.69, 9.17) is 5.73 Å². The number of nitrogens with two attached hydrogens (primary N) is 1. The van der Waals surface area contributed by atoms with Gasteiger partial charge in [-0.2, -0.15) is 9.61 Å². The van der Waals surface area contributed by atoms with E-state index in [0.717, 1.165) is 27.6 Å². The van der Waals surface area contributed by atoms with E-state index in [1.165, 1.54) is 0 Å². The van der Waals surface area contributed by atoms with Crippen LogP contribution in [-0.2, 0) is 6.42 Å². The van der Waals surface area contributed by atoms with Gasteiger partial charge in [0.25, 0.3) is 0 Å². The van der Waals surface area contributed by atoms with Crippen molar-refractivity contribution in [1.82, 2.24) is 29.8 Å². The molecule has 7 nitrogen and oxygen atoms in total. The van der Waals surface area contributed by atoms with Crippen LogP contribution in [-0.4, -0.2) is 29.8 Å². The molecule has 0 saturated carbocycles. The van der Waals surface area contributed by atoms with Crippen LogP contribution >= 0.6 is 15.9 Å². The monoisotopic (exact) mass is 357 g/mol. The Morgan fingerprint density at radius 1 is 1.27 bits per heavy atom. The average Bonchev–Trinajstić information content (AvgIpc) is 3.09. The van der Waals surface area contributed by atoms with Crippen molar-refractivity contribution in [3.05, 3.63) is 34.4 Å². The Morgan fingerprint density at radius 2 is 2.09 bits per heavy atom. The van der Waals surface area contributed by atoms with Gasteiger partial charge in [0.05, 0.1) is 21.2 Å². The summed E-state index contributed by atoms with van der Waals surface area (Å²) in [5, 5.41) is 12.9. The molecule has 0 atom stereocenters. The van der Waals surface area contributed by atoms with Gasteiger partial charge in [-0.05, 0) is 34.5 Å². The number of aromatic amines is 1. The van der Waals surface area contributed by atoms with Crippen molar-refractivity contribution in [3.8, 4) is 11.5 Å². The van der Waals surface area contributed by atoms with E-state index < -0.39 is 0 Å². The number of para-hydroxylation sites is 2. The van der Waals surface area contributed by atoms with E-state index in [-0.39, 0.29) is 0 Å². The number of anilines is 1. The number of halogens is 1. The first kappa shape index (κ1) is 13.2. The molecule has 0 spiro atoms. The number of benzene rings is 1. The Bertz CT molecular complexity index is 968. The van der Waals surface area contributed by atoms with Crippen LogP contribution in [0.25, 0.3) is 28.2 Å². The molecule has 22 heavy (non-hydrogen) atoms. The summed E-state index contributed by atoms with van der Waals surface area (Å²) in [6, 6.07) is 7.76. The lowest BCUT2D eigenvalue weighted by molar-refractivity contribution is 0.870. The van der Waals surface area contributed by atoms with Crippen molar-refractivity contribution in [1.29, 1.82) is 0 Å². The second-order valence-electron chi connectivity index (χ2n) is 4.89. The van der Waals surface area contributed by atoms with Gasteiger partial charge in [-0.25, -0.2) is 4.98 Å². The molecule has 0 radical (unpaired) electrons. The fourth-order valence-electron chi connectivity index (χ4n) is 2.40. The molecule has 4 rings (SSSR count). The molecule has 0 fully saturated rings. The third-order valence-electron chi connectivity index (χ3n) is 3.54. The molecule has 0 aliphatic rings. The molecular formula is C14H12BrN7. The molecule has 0 amide bonds. The largest absolute Gasteiger partial charge is 0.382 e. The highest BCUT2D eigenvalue weighted by Gasteiger charge is 2.18. The van der Waals surface area contributed by atoms with Gasteiger partial charge in [0.1, 0.15) is 0 Å². The second kappa shape index (κ2) is 4.77. The molecule has 0 bridgehead atoms. The Morgan fingerprint density at radius 3 is 2.86 bits per heavy atom. The summed E-state index contributed by atoms with van der Waals surface area (Å²) in [7, 11) is 0. The molecule has 3 aromatic heterocycles. The van der Waals surface area contributed by atoms with Crippen molar-refractivity contribution < 1.29 is 0 Å². The van der Waals surface area contributed by atoms with Gasteiger partial charge in [-0.15, -0.1) is 10.2 Å². The normalized spacial score (nSPS) is 11.5. The van der Waals surface area contributed by atoms with Gasteiger partial charge in [-0.3, -0.25) is 0 Å². The van der Waals surface area contributed by atoms with Gasteiger partial charge in [-0.1, -0.05) is 19.1 Å². The van der Waals surface area contributed by atoms with E-state index in [9.17, 15) is 0 Å². The molecule has 8 heteroatoms. The molecule has 0 unspecified atom stereocenters. The summed E-state index contributed by atoms with van der Waals surface area (Å²) in [4.78, 5) is 7.72. The number of aryl methyl sites for hydroxylation is 1. The summed E-state index contributed by atoms with van der Waals surface area (Å²) in [6.07, 6.45) is 0.781. The maximum atomic E-state index is 6.23. The van der Waals surface area contributed by atoms with Crippen molar-refractivity contribution >= 4 is 38.4 Å². The third kappa shape index (κ3) is 1.80. The molecule has 3 N–H and O–H groups in total. The predicted octanol–water partition coefficient (Wildman–Crippen LogP) is 2.57. The fraction of sp³-hybridized carbons (Fsp3) is 0.143. The number of fused-ring (bicyclic) bond motifs is 2. The van der Waals surface area contributed by atoms with Crippen molar-refractivity contribution in [2.45, 2.75) is 13.3 Å².